The number of aliphatic imine (C=N–C) groups is 1. The summed E-state index contributed by atoms with van der Waals surface area (Å²) in [5.74, 6) is 0.651. The first-order chi connectivity index (χ1) is 12.8. The fourth-order valence-corrected chi connectivity index (χ4v) is 4.71. The normalized spacial score (nSPS) is 13.0. The Hall–Kier alpha value is -1.26. The van der Waals surface area contributed by atoms with Gasteiger partial charge in [-0.1, -0.05) is 36.7 Å². The zero-order valence-electron chi connectivity index (χ0n) is 16.6. The Morgan fingerprint density at radius 2 is 1.96 bits per heavy atom. The first-order valence-electron chi connectivity index (χ1n) is 8.79. The third-order valence-corrected chi connectivity index (χ3v) is 6.43. The van der Waals surface area contributed by atoms with E-state index in [1.807, 2.05) is 42.7 Å². The van der Waals surface area contributed by atoms with Crippen molar-refractivity contribution < 1.29 is 8.42 Å². The number of rotatable bonds is 7. The van der Waals surface area contributed by atoms with Gasteiger partial charge in [0, 0.05) is 39.1 Å². The number of hydrogen-bond acceptors (Lipinski definition) is 3. The van der Waals surface area contributed by atoms with Gasteiger partial charge < -0.3 is 14.8 Å². The molecule has 0 aliphatic rings. The first kappa shape index (κ1) is 24.8. The molecule has 1 aromatic carbocycles. The van der Waals surface area contributed by atoms with E-state index in [1.165, 1.54) is 0 Å². The van der Waals surface area contributed by atoms with Crippen LogP contribution < -0.4 is 5.32 Å². The van der Waals surface area contributed by atoms with Crippen molar-refractivity contribution in [3.63, 3.8) is 0 Å². The Balaban J connectivity index is 0.00000392. The number of guanidine groups is 1. The maximum absolute atomic E-state index is 12.7. The van der Waals surface area contributed by atoms with E-state index in [4.69, 9.17) is 11.6 Å². The highest BCUT2D eigenvalue weighted by atomic mass is 127. The van der Waals surface area contributed by atoms with Crippen LogP contribution in [0.2, 0.25) is 5.02 Å². The minimum atomic E-state index is -3.37. The number of benzene rings is 1. The molecule has 0 aliphatic heterocycles. The Morgan fingerprint density at radius 3 is 2.46 bits per heavy atom. The summed E-state index contributed by atoms with van der Waals surface area (Å²) in [6.07, 6.45) is 2.51. The number of nitrogens with one attached hydrogen (secondary N) is 1. The van der Waals surface area contributed by atoms with E-state index < -0.39 is 9.84 Å². The molecule has 0 spiro atoms. The summed E-state index contributed by atoms with van der Waals surface area (Å²) in [6.45, 7) is 2.56. The molecule has 1 heterocycles. The van der Waals surface area contributed by atoms with Gasteiger partial charge in [0.05, 0.1) is 22.2 Å². The van der Waals surface area contributed by atoms with Crippen LogP contribution in [0.5, 0.6) is 0 Å². The zero-order chi connectivity index (χ0) is 20.0. The van der Waals surface area contributed by atoms with Crippen LogP contribution in [-0.4, -0.2) is 49.7 Å². The lowest BCUT2D eigenvalue weighted by Crippen LogP contribution is -2.46. The lowest BCUT2D eigenvalue weighted by Gasteiger charge is -2.26. The number of hydrogen-bond donors (Lipinski definition) is 1. The van der Waals surface area contributed by atoms with E-state index in [0.29, 0.717) is 28.8 Å². The lowest BCUT2D eigenvalue weighted by molar-refractivity contribution is 0.448. The molecule has 1 N–H and O–H groups in total. The zero-order valence-corrected chi connectivity index (χ0v) is 20.5. The molecule has 0 fully saturated rings. The quantitative estimate of drug-likeness (QED) is 0.333. The van der Waals surface area contributed by atoms with Crippen molar-refractivity contribution >= 4 is 51.4 Å². The third-order valence-electron chi connectivity index (χ3n) is 4.40. The summed E-state index contributed by atoms with van der Waals surface area (Å²) < 4.78 is 27.3. The Morgan fingerprint density at radius 1 is 1.32 bits per heavy atom. The van der Waals surface area contributed by atoms with E-state index in [-0.39, 0.29) is 35.8 Å². The molecule has 1 aromatic heterocycles. The number of aryl methyl sites for hydroxylation is 1. The van der Waals surface area contributed by atoms with Gasteiger partial charge in [-0.25, -0.2) is 8.42 Å². The molecule has 156 valence electrons. The second-order valence-electron chi connectivity index (χ2n) is 6.51. The van der Waals surface area contributed by atoms with E-state index >= 15 is 0 Å². The molecule has 0 aliphatic carbocycles. The summed E-state index contributed by atoms with van der Waals surface area (Å²) in [4.78, 5) is 6.59. The number of nitrogens with zero attached hydrogens (tertiary/aromatic N) is 3. The van der Waals surface area contributed by atoms with Crippen LogP contribution in [0.15, 0.2) is 52.5 Å². The molecule has 1 atom stereocenters. The summed E-state index contributed by atoms with van der Waals surface area (Å²) in [5.41, 5.74) is 1.04. The van der Waals surface area contributed by atoms with Crippen LogP contribution in [0.3, 0.4) is 0 Å². The molecule has 0 bridgehead atoms. The maximum Gasteiger partial charge on any atom is 0.193 e. The van der Waals surface area contributed by atoms with Crippen molar-refractivity contribution in [3.05, 3.63) is 53.3 Å². The van der Waals surface area contributed by atoms with E-state index in [0.717, 1.165) is 5.69 Å². The Labute approximate surface area is 189 Å². The molecule has 2 rings (SSSR count). The smallest absolute Gasteiger partial charge is 0.193 e. The van der Waals surface area contributed by atoms with Crippen LogP contribution in [0.1, 0.15) is 19.0 Å². The standard InChI is InChI=1S/C19H27ClN4O2S.HI/c1-5-16(14-27(25,26)18-9-7-6-8-10-18)22-19(21-2)24(4)13-17-11-15(20)12-23(17)3;/h6-12,16H,5,13-14H2,1-4H3,(H,21,22);1H. The molecule has 2 aromatic rings. The van der Waals surface area contributed by atoms with Crippen LogP contribution in [0.25, 0.3) is 0 Å². The van der Waals surface area contributed by atoms with Crippen LogP contribution in [0.4, 0.5) is 0 Å². The van der Waals surface area contributed by atoms with Crippen molar-refractivity contribution in [1.29, 1.82) is 0 Å². The Kier molecular flexibility index (Phi) is 9.79. The number of aromatic nitrogens is 1. The number of sulfone groups is 1. The van der Waals surface area contributed by atoms with Gasteiger partial charge in [-0.05, 0) is 24.6 Å². The highest BCUT2D eigenvalue weighted by molar-refractivity contribution is 14.0. The average molecular weight is 539 g/mol. The molecule has 9 heteroatoms. The fourth-order valence-electron chi connectivity index (χ4n) is 2.82. The molecule has 0 saturated heterocycles. The van der Waals surface area contributed by atoms with Gasteiger partial charge in [0.2, 0.25) is 0 Å². The van der Waals surface area contributed by atoms with Gasteiger partial charge in [-0.2, -0.15) is 0 Å². The van der Waals surface area contributed by atoms with Crippen LogP contribution >= 0.6 is 35.6 Å². The summed E-state index contributed by atoms with van der Waals surface area (Å²) in [7, 11) is 2.17. The van der Waals surface area contributed by atoms with Crippen molar-refractivity contribution in [2.75, 3.05) is 19.8 Å². The van der Waals surface area contributed by atoms with Gasteiger partial charge in [0.1, 0.15) is 0 Å². The Bertz CT molecular complexity index is 885. The molecule has 6 nitrogen and oxygen atoms in total. The fraction of sp³-hybridized carbons (Fsp3) is 0.421. The molecule has 28 heavy (non-hydrogen) atoms. The molecular weight excluding hydrogens is 511 g/mol. The lowest BCUT2D eigenvalue weighted by atomic mass is 10.2. The average Bonchev–Trinajstić information content (AvgIpc) is 2.96. The van der Waals surface area contributed by atoms with E-state index in [9.17, 15) is 8.42 Å². The molecule has 0 amide bonds. The van der Waals surface area contributed by atoms with Gasteiger partial charge in [0.25, 0.3) is 0 Å². The highest BCUT2D eigenvalue weighted by Gasteiger charge is 2.22. The minimum absolute atomic E-state index is 0. The van der Waals surface area contributed by atoms with Crippen molar-refractivity contribution in [2.24, 2.45) is 12.0 Å². The SMILES string of the molecule is CCC(CS(=O)(=O)c1ccccc1)NC(=NC)N(C)Cc1cc(Cl)cn1C.I. The summed E-state index contributed by atoms with van der Waals surface area (Å²) >= 11 is 6.05. The summed E-state index contributed by atoms with van der Waals surface area (Å²) in [5, 5.41) is 3.96. The maximum atomic E-state index is 12.7. The second-order valence-corrected chi connectivity index (χ2v) is 8.98. The molecule has 1 unspecified atom stereocenters. The topological polar surface area (TPSA) is 66.7 Å². The van der Waals surface area contributed by atoms with Gasteiger partial charge in [-0.15, -0.1) is 24.0 Å². The molecule has 0 saturated carbocycles. The highest BCUT2D eigenvalue weighted by Crippen LogP contribution is 2.15. The van der Waals surface area contributed by atoms with Crippen molar-refractivity contribution in [2.45, 2.75) is 30.8 Å². The summed E-state index contributed by atoms with van der Waals surface area (Å²) in [6, 6.07) is 10.2. The number of halogens is 2. The van der Waals surface area contributed by atoms with E-state index in [2.05, 4.69) is 10.3 Å². The van der Waals surface area contributed by atoms with Crippen LogP contribution in [0, 0.1) is 0 Å². The van der Waals surface area contributed by atoms with Crippen LogP contribution in [-0.2, 0) is 23.4 Å². The minimum Gasteiger partial charge on any atom is -0.352 e. The third kappa shape index (κ3) is 6.66. The van der Waals surface area contributed by atoms with Gasteiger partial charge in [-0.3, -0.25) is 4.99 Å². The molecular formula is C19H28ClIN4O2S. The monoisotopic (exact) mass is 538 g/mol. The largest absolute Gasteiger partial charge is 0.352 e. The second kappa shape index (κ2) is 11.1. The first-order valence-corrected chi connectivity index (χ1v) is 10.8. The van der Waals surface area contributed by atoms with Crippen molar-refractivity contribution in [3.8, 4) is 0 Å². The predicted molar refractivity (Wildman–Crippen MR) is 126 cm³/mol. The molecule has 0 radical (unpaired) electrons. The van der Waals surface area contributed by atoms with Gasteiger partial charge >= 0.3 is 0 Å². The van der Waals surface area contributed by atoms with Crippen molar-refractivity contribution in [1.82, 2.24) is 14.8 Å². The van der Waals surface area contributed by atoms with Gasteiger partial charge in [0.15, 0.2) is 15.8 Å². The van der Waals surface area contributed by atoms with E-state index in [1.54, 1.807) is 37.4 Å². The predicted octanol–water partition coefficient (Wildman–Crippen LogP) is 3.56.